The molecule has 2 N–H and O–H groups in total. The fourth-order valence-corrected chi connectivity index (χ4v) is 2.73. The third-order valence-corrected chi connectivity index (χ3v) is 4.01. The second-order valence-electron chi connectivity index (χ2n) is 4.33. The van der Waals surface area contributed by atoms with Gasteiger partial charge in [-0.05, 0) is 55.7 Å². The number of aryl methyl sites for hydroxylation is 2. The molecule has 0 saturated heterocycles. The lowest BCUT2D eigenvalue weighted by Crippen LogP contribution is -2.12. The predicted molar refractivity (Wildman–Crippen MR) is 70.8 cm³/mol. The van der Waals surface area contributed by atoms with E-state index < -0.39 is 0 Å². The van der Waals surface area contributed by atoms with Crippen molar-refractivity contribution >= 4 is 11.3 Å². The lowest BCUT2D eigenvalue weighted by molar-refractivity contribution is 0.621. The van der Waals surface area contributed by atoms with Crippen molar-refractivity contribution in [1.82, 2.24) is 0 Å². The first-order valence-corrected chi connectivity index (χ1v) is 6.45. The van der Waals surface area contributed by atoms with Crippen LogP contribution in [0.1, 0.15) is 26.9 Å². The minimum absolute atomic E-state index is 0.0470. The third-order valence-electron chi connectivity index (χ3n) is 2.88. The van der Waals surface area contributed by atoms with Gasteiger partial charge in [-0.25, -0.2) is 4.39 Å². The van der Waals surface area contributed by atoms with Gasteiger partial charge >= 0.3 is 0 Å². The number of rotatable bonds is 3. The summed E-state index contributed by atoms with van der Waals surface area (Å²) in [6.45, 7) is 4.05. The van der Waals surface area contributed by atoms with Gasteiger partial charge in [0.15, 0.2) is 0 Å². The Labute approximate surface area is 105 Å². The molecule has 2 aromatic rings. The van der Waals surface area contributed by atoms with Crippen molar-refractivity contribution in [2.24, 2.45) is 5.73 Å². The minimum Gasteiger partial charge on any atom is -0.323 e. The summed E-state index contributed by atoms with van der Waals surface area (Å²) < 4.78 is 13.2. The quantitative estimate of drug-likeness (QED) is 0.881. The molecule has 2 rings (SSSR count). The Hall–Kier alpha value is -1.19. The molecule has 3 heteroatoms. The highest BCUT2D eigenvalue weighted by atomic mass is 32.1. The highest BCUT2D eigenvalue weighted by Gasteiger charge is 2.11. The molecule has 1 nitrogen and oxygen atoms in total. The van der Waals surface area contributed by atoms with Gasteiger partial charge in [0.2, 0.25) is 0 Å². The fraction of sp³-hybridized carbons (Fsp3) is 0.286. The van der Waals surface area contributed by atoms with Crippen LogP contribution in [0, 0.1) is 19.7 Å². The molecule has 1 aromatic carbocycles. The van der Waals surface area contributed by atoms with Crippen LogP contribution in [0.15, 0.2) is 30.3 Å². The van der Waals surface area contributed by atoms with Gasteiger partial charge < -0.3 is 5.73 Å². The highest BCUT2D eigenvalue weighted by molar-refractivity contribution is 7.12. The number of nitrogens with two attached hydrogens (primary N) is 1. The predicted octanol–water partition coefficient (Wildman–Crippen LogP) is 3.75. The number of thiophene rings is 1. The average Bonchev–Trinajstić information content (AvgIpc) is 2.70. The summed E-state index contributed by atoms with van der Waals surface area (Å²) in [5, 5.41) is 0. The van der Waals surface area contributed by atoms with E-state index in [1.54, 1.807) is 23.5 Å². The standard InChI is InChI=1S/C14H16FNS/c1-9-3-5-12(15)7-11(9)8-13(16)14-6-4-10(2)17-14/h3-7,13H,8,16H2,1-2H3. The van der Waals surface area contributed by atoms with Gasteiger partial charge in [0.05, 0.1) is 0 Å². The maximum atomic E-state index is 13.2. The van der Waals surface area contributed by atoms with E-state index in [0.717, 1.165) is 16.0 Å². The van der Waals surface area contributed by atoms with E-state index in [-0.39, 0.29) is 11.9 Å². The van der Waals surface area contributed by atoms with Crippen LogP contribution in [0.3, 0.4) is 0 Å². The van der Waals surface area contributed by atoms with E-state index in [4.69, 9.17) is 5.73 Å². The summed E-state index contributed by atoms with van der Waals surface area (Å²) in [6.07, 6.45) is 0.684. The third kappa shape index (κ3) is 2.93. The molecule has 0 fully saturated rings. The molecule has 1 heterocycles. The number of hydrogen-bond acceptors (Lipinski definition) is 2. The molecular formula is C14H16FNS. The molecule has 0 amide bonds. The van der Waals surface area contributed by atoms with Crippen LogP contribution in [-0.2, 0) is 6.42 Å². The van der Waals surface area contributed by atoms with Gasteiger partial charge in [0.25, 0.3) is 0 Å². The lowest BCUT2D eigenvalue weighted by Gasteiger charge is -2.12. The second-order valence-corrected chi connectivity index (χ2v) is 5.65. The summed E-state index contributed by atoms with van der Waals surface area (Å²) in [4.78, 5) is 2.41. The van der Waals surface area contributed by atoms with Crippen molar-refractivity contribution in [2.45, 2.75) is 26.3 Å². The Bertz CT molecular complexity index is 519. The molecule has 17 heavy (non-hydrogen) atoms. The fourth-order valence-electron chi connectivity index (χ4n) is 1.85. The summed E-state index contributed by atoms with van der Waals surface area (Å²) in [5.74, 6) is -0.194. The average molecular weight is 249 g/mol. The van der Waals surface area contributed by atoms with Crippen LogP contribution in [0.2, 0.25) is 0 Å². The van der Waals surface area contributed by atoms with E-state index in [1.165, 1.54) is 10.9 Å². The van der Waals surface area contributed by atoms with Crippen LogP contribution in [0.25, 0.3) is 0 Å². The van der Waals surface area contributed by atoms with Crippen LogP contribution in [-0.4, -0.2) is 0 Å². The maximum absolute atomic E-state index is 13.2. The van der Waals surface area contributed by atoms with Gasteiger partial charge in [-0.1, -0.05) is 6.07 Å². The van der Waals surface area contributed by atoms with Crippen LogP contribution >= 0.6 is 11.3 Å². The van der Waals surface area contributed by atoms with Crippen molar-refractivity contribution in [3.8, 4) is 0 Å². The Balaban J connectivity index is 2.18. The molecule has 90 valence electrons. The van der Waals surface area contributed by atoms with E-state index in [0.29, 0.717) is 6.42 Å². The van der Waals surface area contributed by atoms with Gasteiger partial charge in [0, 0.05) is 15.8 Å². The van der Waals surface area contributed by atoms with Crippen molar-refractivity contribution in [1.29, 1.82) is 0 Å². The molecular weight excluding hydrogens is 233 g/mol. The molecule has 0 aliphatic rings. The lowest BCUT2D eigenvalue weighted by atomic mass is 10.0. The normalized spacial score (nSPS) is 12.7. The summed E-state index contributed by atoms with van der Waals surface area (Å²) >= 11 is 1.71. The van der Waals surface area contributed by atoms with E-state index in [2.05, 4.69) is 19.1 Å². The monoisotopic (exact) mass is 249 g/mol. The van der Waals surface area contributed by atoms with E-state index in [1.807, 2.05) is 6.92 Å². The zero-order valence-corrected chi connectivity index (χ0v) is 10.9. The van der Waals surface area contributed by atoms with Gasteiger partial charge in [-0.15, -0.1) is 11.3 Å². The molecule has 1 aromatic heterocycles. The van der Waals surface area contributed by atoms with Crippen LogP contribution in [0.4, 0.5) is 4.39 Å². The summed E-state index contributed by atoms with van der Waals surface area (Å²) in [5.41, 5.74) is 8.23. The first-order valence-electron chi connectivity index (χ1n) is 5.63. The Morgan fingerprint density at radius 1 is 1.24 bits per heavy atom. The molecule has 1 unspecified atom stereocenters. The van der Waals surface area contributed by atoms with Crippen LogP contribution < -0.4 is 5.73 Å². The number of benzene rings is 1. The SMILES string of the molecule is Cc1ccc(C(N)Cc2cc(F)ccc2C)s1. The molecule has 0 radical (unpaired) electrons. The molecule has 0 aliphatic carbocycles. The molecule has 1 atom stereocenters. The smallest absolute Gasteiger partial charge is 0.123 e. The van der Waals surface area contributed by atoms with Gasteiger partial charge in [-0.3, -0.25) is 0 Å². The largest absolute Gasteiger partial charge is 0.323 e. The van der Waals surface area contributed by atoms with E-state index in [9.17, 15) is 4.39 Å². The summed E-state index contributed by atoms with van der Waals surface area (Å²) in [6, 6.07) is 8.94. The van der Waals surface area contributed by atoms with Crippen LogP contribution in [0.5, 0.6) is 0 Å². The van der Waals surface area contributed by atoms with Gasteiger partial charge in [0.1, 0.15) is 5.82 Å². The first-order chi connectivity index (χ1) is 8.06. The maximum Gasteiger partial charge on any atom is 0.123 e. The zero-order chi connectivity index (χ0) is 12.4. The van der Waals surface area contributed by atoms with Crippen molar-refractivity contribution < 1.29 is 4.39 Å². The summed E-state index contributed by atoms with van der Waals surface area (Å²) in [7, 11) is 0. The molecule has 0 bridgehead atoms. The molecule has 0 aliphatic heterocycles. The Morgan fingerprint density at radius 2 is 2.00 bits per heavy atom. The van der Waals surface area contributed by atoms with Crippen molar-refractivity contribution in [3.05, 3.63) is 57.0 Å². The van der Waals surface area contributed by atoms with E-state index >= 15 is 0 Å². The van der Waals surface area contributed by atoms with Crippen molar-refractivity contribution in [2.75, 3.05) is 0 Å². The first kappa shape index (κ1) is 12.3. The molecule has 0 spiro atoms. The Kier molecular flexibility index (Phi) is 3.60. The number of hydrogen-bond donors (Lipinski definition) is 1. The van der Waals surface area contributed by atoms with Crippen molar-refractivity contribution in [3.63, 3.8) is 0 Å². The Morgan fingerprint density at radius 3 is 2.65 bits per heavy atom. The minimum atomic E-state index is -0.194. The zero-order valence-electron chi connectivity index (χ0n) is 10.0. The number of halogens is 1. The molecule has 0 saturated carbocycles. The van der Waals surface area contributed by atoms with Gasteiger partial charge in [-0.2, -0.15) is 0 Å². The highest BCUT2D eigenvalue weighted by Crippen LogP contribution is 2.25. The second kappa shape index (κ2) is 4.98. The topological polar surface area (TPSA) is 26.0 Å².